The van der Waals surface area contributed by atoms with Gasteiger partial charge in [-0.15, -0.1) is 6.58 Å². The Labute approximate surface area is 75.0 Å². The van der Waals surface area contributed by atoms with E-state index in [0.717, 1.165) is 12.5 Å². The maximum Gasteiger partial charge on any atom is 0.507 e. The van der Waals surface area contributed by atoms with Gasteiger partial charge in [0, 0.05) is 0 Å². The molecule has 0 aromatic rings. The third kappa shape index (κ3) is 5.97. The molecular formula is C8H15O3Si. The number of allylic oxidation sites excluding steroid dienone is 1. The van der Waals surface area contributed by atoms with Crippen LogP contribution in [0.4, 0.5) is 4.79 Å². The first-order chi connectivity index (χ1) is 5.70. The highest BCUT2D eigenvalue weighted by Crippen LogP contribution is 1.99. The fourth-order valence-corrected chi connectivity index (χ4v) is 1.87. The Morgan fingerprint density at radius 1 is 1.67 bits per heavy atom. The zero-order valence-electron chi connectivity index (χ0n) is 7.63. The van der Waals surface area contributed by atoms with E-state index in [1.165, 1.54) is 7.11 Å². The first-order valence-electron chi connectivity index (χ1n) is 3.83. The van der Waals surface area contributed by atoms with Crippen molar-refractivity contribution >= 4 is 15.0 Å². The van der Waals surface area contributed by atoms with E-state index in [1.807, 2.05) is 6.08 Å². The summed E-state index contributed by atoms with van der Waals surface area (Å²) in [4.78, 5) is 10.5. The van der Waals surface area contributed by atoms with Crippen LogP contribution in [0.15, 0.2) is 12.7 Å². The lowest BCUT2D eigenvalue weighted by Crippen LogP contribution is -2.19. The lowest BCUT2D eigenvalue weighted by molar-refractivity contribution is 0.0856. The van der Waals surface area contributed by atoms with Crippen LogP contribution < -0.4 is 0 Å². The van der Waals surface area contributed by atoms with Gasteiger partial charge >= 0.3 is 6.16 Å². The van der Waals surface area contributed by atoms with Crippen LogP contribution in [0.5, 0.6) is 0 Å². The summed E-state index contributed by atoms with van der Waals surface area (Å²) in [7, 11) is 0.762. The molecule has 0 N–H and O–H groups in total. The Hall–Kier alpha value is -0.773. The van der Waals surface area contributed by atoms with Gasteiger partial charge in [-0.3, -0.25) is 0 Å². The molecule has 0 aromatic heterocycles. The van der Waals surface area contributed by atoms with Crippen molar-refractivity contribution in [2.24, 2.45) is 0 Å². The molecule has 0 saturated carbocycles. The van der Waals surface area contributed by atoms with Crippen molar-refractivity contribution in [1.29, 1.82) is 0 Å². The van der Waals surface area contributed by atoms with Crippen LogP contribution >= 0.6 is 0 Å². The van der Waals surface area contributed by atoms with Gasteiger partial charge in [-0.1, -0.05) is 18.7 Å². The van der Waals surface area contributed by atoms with Crippen LogP contribution in [0.3, 0.4) is 0 Å². The molecule has 4 heteroatoms. The molecule has 0 rings (SSSR count). The SMILES string of the molecule is C=CCC[Si](C)COC(=O)OC. The summed E-state index contributed by atoms with van der Waals surface area (Å²) in [5.41, 5.74) is 0. The Bertz CT molecular complexity index is 147. The smallest absolute Gasteiger partial charge is 0.438 e. The second-order valence-electron chi connectivity index (χ2n) is 2.53. The fraction of sp³-hybridized carbons (Fsp3) is 0.625. The lowest BCUT2D eigenvalue weighted by Gasteiger charge is -2.07. The third-order valence-electron chi connectivity index (χ3n) is 1.38. The summed E-state index contributed by atoms with van der Waals surface area (Å²) in [6, 6.07) is 1.09. The van der Waals surface area contributed by atoms with E-state index < -0.39 is 15.0 Å². The molecular weight excluding hydrogens is 172 g/mol. The highest BCUT2D eigenvalue weighted by atomic mass is 28.3. The van der Waals surface area contributed by atoms with Crippen LogP contribution in [0, 0.1) is 0 Å². The number of hydrogen-bond donors (Lipinski definition) is 0. The van der Waals surface area contributed by atoms with E-state index in [2.05, 4.69) is 17.9 Å². The standard InChI is InChI=1S/C8H15O3Si/c1-4-5-6-12(3)7-11-8(9)10-2/h4H,1,5-7H2,2-3H3. The Morgan fingerprint density at radius 2 is 2.33 bits per heavy atom. The highest BCUT2D eigenvalue weighted by molar-refractivity contribution is 6.57. The van der Waals surface area contributed by atoms with Gasteiger partial charge in [-0.05, 0) is 6.42 Å². The molecule has 1 radical (unpaired) electrons. The van der Waals surface area contributed by atoms with Gasteiger partial charge in [0.15, 0.2) is 0 Å². The number of hydrogen-bond acceptors (Lipinski definition) is 3. The zero-order valence-corrected chi connectivity index (χ0v) is 8.63. The highest BCUT2D eigenvalue weighted by Gasteiger charge is 2.07. The Balaban J connectivity index is 3.36. The first-order valence-corrected chi connectivity index (χ1v) is 6.25. The minimum absolute atomic E-state index is 0.519. The summed E-state index contributed by atoms with van der Waals surface area (Å²) in [5.74, 6) is 0. The minimum atomic E-state index is -0.585. The van der Waals surface area contributed by atoms with Gasteiger partial charge in [-0.25, -0.2) is 4.79 Å². The predicted molar refractivity (Wildman–Crippen MR) is 49.6 cm³/mol. The molecule has 0 amide bonds. The molecule has 12 heavy (non-hydrogen) atoms. The molecule has 3 nitrogen and oxygen atoms in total. The van der Waals surface area contributed by atoms with Crippen LogP contribution in [0.25, 0.3) is 0 Å². The summed E-state index contributed by atoms with van der Waals surface area (Å²) in [5, 5.41) is 0. The number of carbonyl (C=O) groups is 1. The van der Waals surface area contributed by atoms with Crippen LogP contribution in [-0.4, -0.2) is 28.3 Å². The topological polar surface area (TPSA) is 35.5 Å². The van der Waals surface area contributed by atoms with E-state index in [0.29, 0.717) is 6.23 Å². The maximum absolute atomic E-state index is 10.5. The largest absolute Gasteiger partial charge is 0.507 e. The van der Waals surface area contributed by atoms with Crippen molar-refractivity contribution in [3.63, 3.8) is 0 Å². The van der Waals surface area contributed by atoms with Gasteiger partial charge in [0.05, 0.1) is 22.1 Å². The molecule has 0 unspecified atom stereocenters. The summed E-state index contributed by atoms with van der Waals surface area (Å²) in [6.45, 7) is 5.75. The molecule has 0 fully saturated rings. The van der Waals surface area contributed by atoms with Crippen LogP contribution in [0.2, 0.25) is 12.6 Å². The normalized spacial score (nSPS) is 9.58. The first kappa shape index (κ1) is 11.2. The van der Waals surface area contributed by atoms with E-state index in [1.54, 1.807) is 0 Å². The van der Waals surface area contributed by atoms with E-state index >= 15 is 0 Å². The molecule has 0 aliphatic carbocycles. The van der Waals surface area contributed by atoms with Crippen molar-refractivity contribution in [3.05, 3.63) is 12.7 Å². The number of ether oxygens (including phenoxy) is 2. The average molecular weight is 187 g/mol. The van der Waals surface area contributed by atoms with Crippen molar-refractivity contribution in [2.75, 3.05) is 13.3 Å². The Morgan fingerprint density at radius 3 is 2.83 bits per heavy atom. The summed E-state index contributed by atoms with van der Waals surface area (Å²) < 4.78 is 9.14. The predicted octanol–water partition coefficient (Wildman–Crippen LogP) is 2.01. The Kier molecular flexibility index (Phi) is 6.46. The van der Waals surface area contributed by atoms with Crippen molar-refractivity contribution in [1.82, 2.24) is 0 Å². The number of rotatable bonds is 5. The van der Waals surface area contributed by atoms with Crippen LogP contribution in [-0.2, 0) is 9.47 Å². The van der Waals surface area contributed by atoms with E-state index in [9.17, 15) is 4.79 Å². The van der Waals surface area contributed by atoms with Crippen molar-refractivity contribution in [2.45, 2.75) is 19.0 Å². The van der Waals surface area contributed by atoms with Gasteiger partial charge < -0.3 is 9.47 Å². The van der Waals surface area contributed by atoms with Crippen molar-refractivity contribution < 1.29 is 14.3 Å². The molecule has 0 bridgehead atoms. The molecule has 0 aliphatic rings. The van der Waals surface area contributed by atoms with Crippen LogP contribution in [0.1, 0.15) is 6.42 Å². The quantitative estimate of drug-likeness (QED) is 0.375. The van der Waals surface area contributed by atoms with Gasteiger partial charge in [-0.2, -0.15) is 0 Å². The van der Waals surface area contributed by atoms with Crippen molar-refractivity contribution in [3.8, 4) is 0 Å². The monoisotopic (exact) mass is 187 g/mol. The molecule has 0 atom stereocenters. The zero-order chi connectivity index (χ0) is 9.40. The number of methoxy groups -OCH3 is 1. The molecule has 0 spiro atoms. The van der Waals surface area contributed by atoms with Gasteiger partial charge in [0.25, 0.3) is 0 Å². The molecule has 0 saturated heterocycles. The maximum atomic E-state index is 10.5. The van der Waals surface area contributed by atoms with Gasteiger partial charge in [0.2, 0.25) is 0 Å². The second-order valence-corrected chi connectivity index (χ2v) is 5.23. The fourth-order valence-electron chi connectivity index (χ4n) is 0.662. The van der Waals surface area contributed by atoms with E-state index in [-0.39, 0.29) is 0 Å². The minimum Gasteiger partial charge on any atom is -0.438 e. The third-order valence-corrected chi connectivity index (χ3v) is 3.16. The molecule has 69 valence electrons. The summed E-state index contributed by atoms with van der Waals surface area (Å²) >= 11 is 0. The van der Waals surface area contributed by atoms with Gasteiger partial charge in [0.1, 0.15) is 0 Å². The molecule has 0 aromatic carbocycles. The second kappa shape index (κ2) is 6.91. The average Bonchev–Trinajstić information content (AvgIpc) is 2.10. The van der Waals surface area contributed by atoms with E-state index in [4.69, 9.17) is 4.74 Å². The number of carbonyl (C=O) groups excluding carboxylic acids is 1. The lowest BCUT2D eigenvalue weighted by atomic mass is 10.5. The summed E-state index contributed by atoms with van der Waals surface area (Å²) in [6.07, 6.45) is 2.81. The molecule has 0 aliphatic heterocycles. The molecule has 0 heterocycles.